The lowest BCUT2D eigenvalue weighted by Crippen LogP contribution is -2.15. The highest BCUT2D eigenvalue weighted by atomic mass is 16.5. The average molecular weight is 180 g/mol. The minimum atomic E-state index is -0.132. The summed E-state index contributed by atoms with van der Waals surface area (Å²) in [5.41, 5.74) is 1.30. The Labute approximate surface area is 79.2 Å². The molecule has 1 atom stereocenters. The SMILES string of the molecule is CCc1ccc(OC(C)CO)cc1. The largest absolute Gasteiger partial charge is 0.488 e. The van der Waals surface area contributed by atoms with Crippen molar-refractivity contribution in [3.63, 3.8) is 0 Å². The normalized spacial score (nSPS) is 12.5. The number of hydrogen-bond donors (Lipinski definition) is 1. The predicted octanol–water partition coefficient (Wildman–Crippen LogP) is 2.01. The molecule has 2 heteroatoms. The Kier molecular flexibility index (Phi) is 3.77. The van der Waals surface area contributed by atoms with Crippen molar-refractivity contribution < 1.29 is 9.84 Å². The minimum absolute atomic E-state index is 0.0511. The Morgan fingerprint density at radius 2 is 1.92 bits per heavy atom. The smallest absolute Gasteiger partial charge is 0.119 e. The van der Waals surface area contributed by atoms with E-state index in [1.807, 2.05) is 31.2 Å². The fourth-order valence-electron chi connectivity index (χ4n) is 1.07. The van der Waals surface area contributed by atoms with Crippen LogP contribution in [0.15, 0.2) is 24.3 Å². The number of rotatable bonds is 4. The van der Waals surface area contributed by atoms with E-state index in [0.29, 0.717) is 0 Å². The fourth-order valence-corrected chi connectivity index (χ4v) is 1.07. The summed E-state index contributed by atoms with van der Waals surface area (Å²) >= 11 is 0. The van der Waals surface area contributed by atoms with E-state index < -0.39 is 0 Å². The van der Waals surface area contributed by atoms with Gasteiger partial charge in [0.05, 0.1) is 6.61 Å². The molecule has 0 aliphatic heterocycles. The molecule has 0 amide bonds. The first-order chi connectivity index (χ1) is 6.26. The third kappa shape index (κ3) is 3.07. The molecule has 13 heavy (non-hydrogen) atoms. The van der Waals surface area contributed by atoms with Crippen LogP contribution in [0.3, 0.4) is 0 Å². The van der Waals surface area contributed by atoms with Crippen molar-refractivity contribution in [3.8, 4) is 5.75 Å². The van der Waals surface area contributed by atoms with Gasteiger partial charge in [0.15, 0.2) is 0 Å². The Balaban J connectivity index is 2.58. The molecular weight excluding hydrogens is 164 g/mol. The van der Waals surface area contributed by atoms with Gasteiger partial charge >= 0.3 is 0 Å². The van der Waals surface area contributed by atoms with Crippen LogP contribution >= 0.6 is 0 Å². The van der Waals surface area contributed by atoms with Crippen LogP contribution in [0.5, 0.6) is 5.75 Å². The topological polar surface area (TPSA) is 29.5 Å². The third-order valence-corrected chi connectivity index (χ3v) is 1.93. The molecule has 0 fully saturated rings. The molecule has 1 aromatic carbocycles. The summed E-state index contributed by atoms with van der Waals surface area (Å²) < 4.78 is 5.41. The summed E-state index contributed by atoms with van der Waals surface area (Å²) in [5.74, 6) is 0.818. The summed E-state index contributed by atoms with van der Waals surface area (Å²) in [6.07, 6.45) is 0.906. The van der Waals surface area contributed by atoms with Gasteiger partial charge in [0.25, 0.3) is 0 Å². The molecule has 0 heterocycles. The van der Waals surface area contributed by atoms with Gasteiger partial charge in [-0.05, 0) is 31.0 Å². The molecule has 1 N–H and O–H groups in total. The zero-order valence-corrected chi connectivity index (χ0v) is 8.16. The maximum atomic E-state index is 8.77. The van der Waals surface area contributed by atoms with Crippen molar-refractivity contribution in [2.24, 2.45) is 0 Å². The van der Waals surface area contributed by atoms with Gasteiger partial charge in [-0.2, -0.15) is 0 Å². The Bertz CT molecular complexity index is 241. The highest BCUT2D eigenvalue weighted by molar-refractivity contribution is 5.27. The van der Waals surface area contributed by atoms with Crippen LogP contribution in [-0.4, -0.2) is 17.8 Å². The van der Waals surface area contributed by atoms with Crippen LogP contribution in [0, 0.1) is 0 Å². The fraction of sp³-hybridized carbons (Fsp3) is 0.455. The predicted molar refractivity (Wildman–Crippen MR) is 53.0 cm³/mol. The van der Waals surface area contributed by atoms with Crippen LogP contribution in [0.2, 0.25) is 0 Å². The van der Waals surface area contributed by atoms with Crippen molar-refractivity contribution in [1.82, 2.24) is 0 Å². The molecule has 0 saturated heterocycles. The summed E-state index contributed by atoms with van der Waals surface area (Å²) in [5, 5.41) is 8.77. The summed E-state index contributed by atoms with van der Waals surface area (Å²) in [4.78, 5) is 0. The molecule has 1 rings (SSSR count). The number of hydrogen-bond acceptors (Lipinski definition) is 2. The first-order valence-corrected chi connectivity index (χ1v) is 4.62. The second-order valence-corrected chi connectivity index (χ2v) is 3.11. The first-order valence-electron chi connectivity index (χ1n) is 4.62. The van der Waals surface area contributed by atoms with Gasteiger partial charge in [0, 0.05) is 0 Å². The molecule has 0 aromatic heterocycles. The molecule has 72 valence electrons. The van der Waals surface area contributed by atoms with Crippen LogP contribution in [0.4, 0.5) is 0 Å². The maximum Gasteiger partial charge on any atom is 0.119 e. The maximum absolute atomic E-state index is 8.77. The standard InChI is InChI=1S/C11H16O2/c1-3-10-4-6-11(7-5-10)13-9(2)8-12/h4-7,9,12H,3,8H2,1-2H3. The van der Waals surface area contributed by atoms with E-state index in [1.54, 1.807) is 0 Å². The van der Waals surface area contributed by atoms with Gasteiger partial charge in [-0.1, -0.05) is 19.1 Å². The van der Waals surface area contributed by atoms with Crippen molar-refractivity contribution in [2.45, 2.75) is 26.4 Å². The average Bonchev–Trinajstić information content (AvgIpc) is 2.19. The molecule has 0 spiro atoms. The van der Waals surface area contributed by atoms with Gasteiger partial charge in [0.2, 0.25) is 0 Å². The molecule has 0 bridgehead atoms. The van der Waals surface area contributed by atoms with Crippen molar-refractivity contribution in [2.75, 3.05) is 6.61 Å². The lowest BCUT2D eigenvalue weighted by molar-refractivity contribution is 0.129. The molecule has 0 aliphatic carbocycles. The van der Waals surface area contributed by atoms with E-state index in [9.17, 15) is 0 Å². The summed E-state index contributed by atoms with van der Waals surface area (Å²) in [6, 6.07) is 7.95. The van der Waals surface area contributed by atoms with Crippen molar-refractivity contribution in [3.05, 3.63) is 29.8 Å². The molecule has 1 unspecified atom stereocenters. The van der Waals surface area contributed by atoms with Crippen LogP contribution in [0.25, 0.3) is 0 Å². The zero-order chi connectivity index (χ0) is 9.68. The second-order valence-electron chi connectivity index (χ2n) is 3.11. The monoisotopic (exact) mass is 180 g/mol. The Morgan fingerprint density at radius 1 is 1.31 bits per heavy atom. The van der Waals surface area contributed by atoms with Gasteiger partial charge in [0.1, 0.15) is 11.9 Å². The highest BCUT2D eigenvalue weighted by Gasteiger charge is 2.00. The van der Waals surface area contributed by atoms with E-state index in [2.05, 4.69) is 6.92 Å². The second kappa shape index (κ2) is 4.87. The third-order valence-electron chi connectivity index (χ3n) is 1.93. The lowest BCUT2D eigenvalue weighted by atomic mass is 10.2. The lowest BCUT2D eigenvalue weighted by Gasteiger charge is -2.11. The van der Waals surface area contributed by atoms with E-state index in [0.717, 1.165) is 12.2 Å². The summed E-state index contributed by atoms with van der Waals surface area (Å²) in [7, 11) is 0. The van der Waals surface area contributed by atoms with Crippen LogP contribution < -0.4 is 4.74 Å². The molecule has 1 aromatic rings. The van der Waals surface area contributed by atoms with E-state index in [-0.39, 0.29) is 12.7 Å². The van der Waals surface area contributed by atoms with Crippen molar-refractivity contribution >= 4 is 0 Å². The Morgan fingerprint density at radius 3 is 2.38 bits per heavy atom. The zero-order valence-electron chi connectivity index (χ0n) is 8.16. The number of aliphatic hydroxyl groups excluding tert-OH is 1. The van der Waals surface area contributed by atoms with Gasteiger partial charge < -0.3 is 9.84 Å². The van der Waals surface area contributed by atoms with Crippen LogP contribution in [-0.2, 0) is 6.42 Å². The molecular formula is C11H16O2. The van der Waals surface area contributed by atoms with E-state index >= 15 is 0 Å². The molecule has 0 radical (unpaired) electrons. The van der Waals surface area contributed by atoms with Crippen molar-refractivity contribution in [1.29, 1.82) is 0 Å². The van der Waals surface area contributed by atoms with Gasteiger partial charge in [-0.3, -0.25) is 0 Å². The molecule has 2 nitrogen and oxygen atoms in total. The molecule has 0 aliphatic rings. The van der Waals surface area contributed by atoms with Gasteiger partial charge in [-0.15, -0.1) is 0 Å². The Hall–Kier alpha value is -1.02. The quantitative estimate of drug-likeness (QED) is 0.768. The van der Waals surface area contributed by atoms with E-state index in [4.69, 9.17) is 9.84 Å². The number of benzene rings is 1. The highest BCUT2D eigenvalue weighted by Crippen LogP contribution is 2.13. The number of ether oxygens (including phenoxy) is 1. The van der Waals surface area contributed by atoms with E-state index in [1.165, 1.54) is 5.56 Å². The first kappa shape index (κ1) is 10.1. The number of aliphatic hydroxyl groups is 1. The minimum Gasteiger partial charge on any atom is -0.488 e. The van der Waals surface area contributed by atoms with Gasteiger partial charge in [-0.25, -0.2) is 0 Å². The summed E-state index contributed by atoms with van der Waals surface area (Å²) in [6.45, 7) is 4.01. The van der Waals surface area contributed by atoms with Crippen LogP contribution in [0.1, 0.15) is 19.4 Å². The number of aryl methyl sites for hydroxylation is 1. The molecule has 0 saturated carbocycles.